The standard InChI is InChI=1S/C13H13ClO2/c1-13(2,16)12-10-5-4-9(14)7-8(10)3-6-11(12)15/h3-7,15-16H,1-2H3. The van der Waals surface area contributed by atoms with Gasteiger partial charge in [0, 0.05) is 10.6 Å². The van der Waals surface area contributed by atoms with E-state index in [2.05, 4.69) is 0 Å². The molecule has 0 heterocycles. The molecule has 84 valence electrons. The van der Waals surface area contributed by atoms with Gasteiger partial charge in [-0.3, -0.25) is 0 Å². The number of phenolic OH excluding ortho intramolecular Hbond substituents is 1. The van der Waals surface area contributed by atoms with E-state index in [1.54, 1.807) is 32.0 Å². The second-order valence-corrected chi connectivity index (χ2v) is 4.82. The van der Waals surface area contributed by atoms with E-state index in [1.807, 2.05) is 12.1 Å². The first-order valence-corrected chi connectivity index (χ1v) is 5.41. The number of aromatic hydroxyl groups is 1. The number of fused-ring (bicyclic) bond motifs is 1. The van der Waals surface area contributed by atoms with Crippen LogP contribution in [-0.2, 0) is 5.60 Å². The van der Waals surface area contributed by atoms with E-state index in [0.717, 1.165) is 10.8 Å². The number of hydrogen-bond donors (Lipinski definition) is 2. The zero-order valence-electron chi connectivity index (χ0n) is 9.16. The summed E-state index contributed by atoms with van der Waals surface area (Å²) >= 11 is 5.90. The zero-order valence-corrected chi connectivity index (χ0v) is 9.92. The minimum absolute atomic E-state index is 0.0994. The van der Waals surface area contributed by atoms with Crippen LogP contribution in [0.3, 0.4) is 0 Å². The van der Waals surface area contributed by atoms with Crippen LogP contribution in [0.2, 0.25) is 5.02 Å². The molecule has 0 saturated carbocycles. The summed E-state index contributed by atoms with van der Waals surface area (Å²) in [5, 5.41) is 22.2. The zero-order chi connectivity index (χ0) is 11.9. The Labute approximate surface area is 99.1 Å². The summed E-state index contributed by atoms with van der Waals surface area (Å²) in [5.74, 6) is 0.0994. The number of rotatable bonds is 1. The lowest BCUT2D eigenvalue weighted by atomic mass is 9.91. The molecule has 0 bridgehead atoms. The molecular weight excluding hydrogens is 224 g/mol. The fourth-order valence-electron chi connectivity index (χ4n) is 1.93. The van der Waals surface area contributed by atoms with Crippen LogP contribution >= 0.6 is 11.6 Å². The Morgan fingerprint density at radius 1 is 1.12 bits per heavy atom. The summed E-state index contributed by atoms with van der Waals surface area (Å²) in [4.78, 5) is 0. The molecule has 0 radical (unpaired) electrons. The van der Waals surface area contributed by atoms with Crippen molar-refractivity contribution in [3.05, 3.63) is 40.9 Å². The van der Waals surface area contributed by atoms with Gasteiger partial charge in [0.25, 0.3) is 0 Å². The average molecular weight is 237 g/mol. The number of aliphatic hydroxyl groups is 1. The van der Waals surface area contributed by atoms with Gasteiger partial charge >= 0.3 is 0 Å². The third-order valence-electron chi connectivity index (χ3n) is 2.57. The molecule has 0 atom stereocenters. The Kier molecular flexibility index (Phi) is 2.56. The maximum Gasteiger partial charge on any atom is 0.122 e. The summed E-state index contributed by atoms with van der Waals surface area (Å²) in [5.41, 5.74) is -0.557. The van der Waals surface area contributed by atoms with Crippen molar-refractivity contribution in [1.82, 2.24) is 0 Å². The highest BCUT2D eigenvalue weighted by atomic mass is 35.5. The SMILES string of the molecule is CC(C)(O)c1c(O)ccc2cc(Cl)ccc12. The van der Waals surface area contributed by atoms with Crippen molar-refractivity contribution in [2.24, 2.45) is 0 Å². The molecule has 0 unspecified atom stereocenters. The van der Waals surface area contributed by atoms with E-state index >= 15 is 0 Å². The first-order valence-electron chi connectivity index (χ1n) is 5.03. The number of hydrogen-bond acceptors (Lipinski definition) is 2. The van der Waals surface area contributed by atoms with Crippen molar-refractivity contribution in [2.75, 3.05) is 0 Å². The second-order valence-electron chi connectivity index (χ2n) is 4.38. The van der Waals surface area contributed by atoms with Gasteiger partial charge in [-0.1, -0.05) is 23.7 Å². The number of benzene rings is 2. The molecule has 0 saturated heterocycles. The van der Waals surface area contributed by atoms with Crippen LogP contribution in [0, 0.1) is 0 Å². The summed E-state index contributed by atoms with van der Waals surface area (Å²) in [6.45, 7) is 3.30. The van der Waals surface area contributed by atoms with Crippen LogP contribution in [0.1, 0.15) is 19.4 Å². The maximum atomic E-state index is 10.0. The van der Waals surface area contributed by atoms with Crippen LogP contribution in [0.15, 0.2) is 30.3 Å². The molecule has 2 aromatic rings. The predicted octanol–water partition coefficient (Wildman–Crippen LogP) is 3.43. The van der Waals surface area contributed by atoms with Crippen LogP contribution in [0.4, 0.5) is 0 Å². The van der Waals surface area contributed by atoms with Gasteiger partial charge in [0.05, 0.1) is 5.60 Å². The van der Waals surface area contributed by atoms with Crippen LogP contribution in [-0.4, -0.2) is 10.2 Å². The number of halogens is 1. The van der Waals surface area contributed by atoms with Crippen molar-refractivity contribution in [2.45, 2.75) is 19.4 Å². The lowest BCUT2D eigenvalue weighted by molar-refractivity contribution is 0.0775. The Morgan fingerprint density at radius 2 is 1.81 bits per heavy atom. The highest BCUT2D eigenvalue weighted by Crippen LogP contribution is 2.36. The molecule has 3 heteroatoms. The summed E-state index contributed by atoms with van der Waals surface area (Å²) < 4.78 is 0. The van der Waals surface area contributed by atoms with Gasteiger partial charge < -0.3 is 10.2 Å². The average Bonchev–Trinajstić information content (AvgIpc) is 2.16. The molecule has 0 spiro atoms. The van der Waals surface area contributed by atoms with Crippen molar-refractivity contribution in [1.29, 1.82) is 0 Å². The van der Waals surface area contributed by atoms with Gasteiger partial charge in [-0.2, -0.15) is 0 Å². The molecule has 0 aliphatic heterocycles. The lowest BCUT2D eigenvalue weighted by Gasteiger charge is -2.21. The summed E-state index contributed by atoms with van der Waals surface area (Å²) in [6.07, 6.45) is 0. The minimum Gasteiger partial charge on any atom is -0.508 e. The summed E-state index contributed by atoms with van der Waals surface area (Å²) in [6, 6.07) is 8.73. The normalized spacial score (nSPS) is 12.0. The summed E-state index contributed by atoms with van der Waals surface area (Å²) in [7, 11) is 0. The van der Waals surface area contributed by atoms with Crippen LogP contribution in [0.25, 0.3) is 10.8 Å². The number of phenols is 1. The van der Waals surface area contributed by atoms with Crippen molar-refractivity contribution >= 4 is 22.4 Å². The first kappa shape index (κ1) is 11.2. The molecule has 0 amide bonds. The van der Waals surface area contributed by atoms with Gasteiger partial charge in [0.2, 0.25) is 0 Å². The Morgan fingerprint density at radius 3 is 2.44 bits per heavy atom. The Hall–Kier alpha value is -1.25. The van der Waals surface area contributed by atoms with Crippen molar-refractivity contribution in [3.63, 3.8) is 0 Å². The minimum atomic E-state index is -1.09. The highest BCUT2D eigenvalue weighted by molar-refractivity contribution is 6.31. The largest absolute Gasteiger partial charge is 0.508 e. The molecular formula is C13H13ClO2. The quantitative estimate of drug-likeness (QED) is 0.797. The molecule has 16 heavy (non-hydrogen) atoms. The fourth-order valence-corrected chi connectivity index (χ4v) is 2.11. The van der Waals surface area contributed by atoms with Crippen molar-refractivity contribution in [3.8, 4) is 5.75 Å². The first-order chi connectivity index (χ1) is 7.39. The molecule has 2 aromatic carbocycles. The molecule has 2 N–H and O–H groups in total. The molecule has 0 aliphatic carbocycles. The third-order valence-corrected chi connectivity index (χ3v) is 2.81. The topological polar surface area (TPSA) is 40.5 Å². The van der Waals surface area contributed by atoms with E-state index in [9.17, 15) is 10.2 Å². The monoisotopic (exact) mass is 236 g/mol. The van der Waals surface area contributed by atoms with E-state index < -0.39 is 5.60 Å². The van der Waals surface area contributed by atoms with Gasteiger partial charge in [-0.15, -0.1) is 0 Å². The van der Waals surface area contributed by atoms with E-state index in [-0.39, 0.29) is 5.75 Å². The maximum absolute atomic E-state index is 10.0. The van der Waals surface area contributed by atoms with Crippen molar-refractivity contribution < 1.29 is 10.2 Å². The third kappa shape index (κ3) is 1.86. The predicted molar refractivity (Wildman–Crippen MR) is 65.9 cm³/mol. The van der Waals surface area contributed by atoms with E-state index in [0.29, 0.717) is 10.6 Å². The molecule has 0 aromatic heterocycles. The highest BCUT2D eigenvalue weighted by Gasteiger charge is 2.22. The molecule has 2 nitrogen and oxygen atoms in total. The van der Waals surface area contributed by atoms with Crippen LogP contribution in [0.5, 0.6) is 5.75 Å². The van der Waals surface area contributed by atoms with Crippen LogP contribution < -0.4 is 0 Å². The Bertz CT molecular complexity index is 541. The van der Waals surface area contributed by atoms with Gasteiger partial charge in [0.1, 0.15) is 5.75 Å². The Balaban J connectivity index is 2.85. The van der Waals surface area contributed by atoms with Gasteiger partial charge in [-0.05, 0) is 42.8 Å². The molecule has 0 aliphatic rings. The second kappa shape index (κ2) is 3.65. The van der Waals surface area contributed by atoms with E-state index in [4.69, 9.17) is 11.6 Å². The van der Waals surface area contributed by atoms with E-state index in [1.165, 1.54) is 0 Å². The van der Waals surface area contributed by atoms with Gasteiger partial charge in [0.15, 0.2) is 0 Å². The molecule has 0 fully saturated rings. The lowest BCUT2D eigenvalue weighted by Crippen LogP contribution is -2.16. The smallest absolute Gasteiger partial charge is 0.122 e. The fraction of sp³-hybridized carbons (Fsp3) is 0.231. The van der Waals surface area contributed by atoms with Gasteiger partial charge in [-0.25, -0.2) is 0 Å². The molecule has 2 rings (SSSR count).